The number of fused-ring (bicyclic) bond motifs is 1. The summed E-state index contributed by atoms with van der Waals surface area (Å²) in [6.45, 7) is 1.44. The molecule has 0 amide bonds. The zero-order chi connectivity index (χ0) is 15.1. The molecular weight excluding hydrogens is 342 g/mol. The molecule has 0 saturated carbocycles. The van der Waals surface area contributed by atoms with Gasteiger partial charge < -0.3 is 4.42 Å². The van der Waals surface area contributed by atoms with Gasteiger partial charge in [0.1, 0.15) is 17.2 Å². The fraction of sp³-hybridized carbons (Fsp3) is 0.0625. The summed E-state index contributed by atoms with van der Waals surface area (Å²) >= 11 is 3.31. The van der Waals surface area contributed by atoms with Crippen molar-refractivity contribution in [2.24, 2.45) is 0 Å². The van der Waals surface area contributed by atoms with Gasteiger partial charge in [-0.2, -0.15) is 0 Å². The van der Waals surface area contributed by atoms with Crippen molar-refractivity contribution < 1.29 is 18.0 Å². The number of para-hydroxylation sites is 1. The van der Waals surface area contributed by atoms with Crippen molar-refractivity contribution >= 4 is 32.7 Å². The number of halogens is 3. The Balaban J connectivity index is 2.12. The third kappa shape index (κ3) is 2.38. The maximum absolute atomic E-state index is 13.9. The van der Waals surface area contributed by atoms with Crippen molar-refractivity contribution in [1.82, 2.24) is 0 Å². The van der Waals surface area contributed by atoms with Crippen LogP contribution in [0.4, 0.5) is 8.78 Å². The molecule has 21 heavy (non-hydrogen) atoms. The van der Waals surface area contributed by atoms with E-state index >= 15 is 0 Å². The van der Waals surface area contributed by atoms with Gasteiger partial charge in [-0.1, -0.05) is 12.1 Å². The Morgan fingerprint density at radius 2 is 1.90 bits per heavy atom. The Bertz CT molecular complexity index is 868. The number of carbonyl (C=O) groups excluding carboxylic acids is 1. The standard InChI is InChI=1S/C16H9BrF2O2/c1-8-5-13(19)10(7-12(8)18)15(20)14-6-9-3-2-4-11(17)16(9)21-14/h2-7H,1H3. The summed E-state index contributed by atoms with van der Waals surface area (Å²) in [5.41, 5.74) is 0.304. The fourth-order valence-corrected chi connectivity index (χ4v) is 2.55. The molecule has 0 spiro atoms. The van der Waals surface area contributed by atoms with Crippen molar-refractivity contribution in [3.8, 4) is 0 Å². The van der Waals surface area contributed by atoms with Crippen LogP contribution in [0.25, 0.3) is 11.0 Å². The lowest BCUT2D eigenvalue weighted by Gasteiger charge is -2.02. The highest BCUT2D eigenvalue weighted by atomic mass is 79.9. The zero-order valence-corrected chi connectivity index (χ0v) is 12.5. The summed E-state index contributed by atoms with van der Waals surface area (Å²) in [6, 6.07) is 8.75. The molecule has 0 bridgehead atoms. The van der Waals surface area contributed by atoms with Crippen LogP contribution in [-0.2, 0) is 0 Å². The third-order valence-electron chi connectivity index (χ3n) is 3.21. The number of ketones is 1. The normalized spacial score (nSPS) is 11.0. The topological polar surface area (TPSA) is 30.2 Å². The molecule has 1 heterocycles. The van der Waals surface area contributed by atoms with Crippen LogP contribution in [0.3, 0.4) is 0 Å². The van der Waals surface area contributed by atoms with Crippen molar-refractivity contribution in [3.05, 3.63) is 69.4 Å². The van der Waals surface area contributed by atoms with Crippen LogP contribution >= 0.6 is 15.9 Å². The molecule has 2 aromatic carbocycles. The van der Waals surface area contributed by atoms with E-state index in [0.717, 1.165) is 12.1 Å². The quantitative estimate of drug-likeness (QED) is 0.608. The first-order chi connectivity index (χ1) is 9.97. The molecule has 0 atom stereocenters. The summed E-state index contributed by atoms with van der Waals surface area (Å²) in [6.07, 6.45) is 0. The van der Waals surface area contributed by atoms with E-state index in [1.54, 1.807) is 18.2 Å². The second-order valence-electron chi connectivity index (χ2n) is 4.68. The lowest BCUT2D eigenvalue weighted by Crippen LogP contribution is -2.04. The molecule has 3 rings (SSSR count). The predicted octanol–water partition coefficient (Wildman–Crippen LogP) is 5.01. The summed E-state index contributed by atoms with van der Waals surface area (Å²) < 4.78 is 33.6. The van der Waals surface area contributed by atoms with E-state index in [4.69, 9.17) is 4.42 Å². The van der Waals surface area contributed by atoms with Gasteiger partial charge in [0.2, 0.25) is 5.78 Å². The van der Waals surface area contributed by atoms with Gasteiger partial charge in [-0.05, 0) is 52.7 Å². The highest BCUT2D eigenvalue weighted by Gasteiger charge is 2.20. The number of hydrogen-bond donors (Lipinski definition) is 0. The van der Waals surface area contributed by atoms with E-state index in [9.17, 15) is 13.6 Å². The molecule has 0 radical (unpaired) electrons. The van der Waals surface area contributed by atoms with Crippen LogP contribution in [0, 0.1) is 18.6 Å². The van der Waals surface area contributed by atoms with Crippen LogP contribution in [0.15, 0.2) is 45.3 Å². The van der Waals surface area contributed by atoms with Gasteiger partial charge in [-0.25, -0.2) is 8.78 Å². The Hall–Kier alpha value is -2.01. The first-order valence-corrected chi connectivity index (χ1v) is 6.95. The molecule has 0 N–H and O–H groups in total. The highest BCUT2D eigenvalue weighted by molar-refractivity contribution is 9.10. The molecular formula is C16H9BrF2O2. The second-order valence-corrected chi connectivity index (χ2v) is 5.53. The molecule has 0 unspecified atom stereocenters. The third-order valence-corrected chi connectivity index (χ3v) is 3.84. The van der Waals surface area contributed by atoms with E-state index in [1.807, 2.05) is 0 Å². The first kappa shape index (κ1) is 13.9. The van der Waals surface area contributed by atoms with Crippen molar-refractivity contribution in [2.75, 3.05) is 0 Å². The lowest BCUT2D eigenvalue weighted by atomic mass is 10.1. The summed E-state index contributed by atoms with van der Waals surface area (Å²) in [5, 5.41) is 0.709. The Kier molecular flexibility index (Phi) is 3.37. The van der Waals surface area contributed by atoms with Crippen LogP contribution < -0.4 is 0 Å². The molecule has 0 fully saturated rings. The smallest absolute Gasteiger partial charge is 0.231 e. The molecule has 106 valence electrons. The molecule has 1 aromatic heterocycles. The molecule has 3 aromatic rings. The van der Waals surface area contributed by atoms with Gasteiger partial charge >= 0.3 is 0 Å². The van der Waals surface area contributed by atoms with E-state index in [2.05, 4.69) is 15.9 Å². The van der Waals surface area contributed by atoms with Gasteiger partial charge in [-0.15, -0.1) is 0 Å². The zero-order valence-electron chi connectivity index (χ0n) is 10.9. The average molecular weight is 351 g/mol. The Labute approximate surface area is 127 Å². The number of aryl methyl sites for hydroxylation is 1. The maximum Gasteiger partial charge on any atom is 0.231 e. The van der Waals surface area contributed by atoms with E-state index in [0.29, 0.717) is 15.4 Å². The summed E-state index contributed by atoms with van der Waals surface area (Å²) in [5.74, 6) is -2.11. The van der Waals surface area contributed by atoms with Gasteiger partial charge in [0, 0.05) is 5.39 Å². The SMILES string of the molecule is Cc1cc(F)c(C(=O)c2cc3cccc(Br)c3o2)cc1F. The lowest BCUT2D eigenvalue weighted by molar-refractivity contribution is 0.101. The van der Waals surface area contributed by atoms with Crippen molar-refractivity contribution in [3.63, 3.8) is 0 Å². The largest absolute Gasteiger partial charge is 0.451 e. The molecule has 0 saturated heterocycles. The van der Waals surface area contributed by atoms with Crippen LogP contribution in [0.5, 0.6) is 0 Å². The van der Waals surface area contributed by atoms with Crippen molar-refractivity contribution in [1.29, 1.82) is 0 Å². The van der Waals surface area contributed by atoms with Crippen LogP contribution in [0.2, 0.25) is 0 Å². The van der Waals surface area contributed by atoms with Crippen LogP contribution in [0.1, 0.15) is 21.7 Å². The minimum absolute atomic E-state index is 0.0287. The van der Waals surface area contributed by atoms with E-state index in [-0.39, 0.29) is 16.9 Å². The molecule has 5 heteroatoms. The number of benzene rings is 2. The minimum Gasteiger partial charge on any atom is -0.451 e. The monoisotopic (exact) mass is 350 g/mol. The number of rotatable bonds is 2. The van der Waals surface area contributed by atoms with Gasteiger partial charge in [0.05, 0.1) is 10.0 Å². The van der Waals surface area contributed by atoms with Crippen molar-refractivity contribution in [2.45, 2.75) is 6.92 Å². The number of carbonyl (C=O) groups is 1. The Morgan fingerprint density at radius 3 is 2.62 bits per heavy atom. The summed E-state index contributed by atoms with van der Waals surface area (Å²) in [4.78, 5) is 12.3. The summed E-state index contributed by atoms with van der Waals surface area (Å²) in [7, 11) is 0. The molecule has 2 nitrogen and oxygen atoms in total. The van der Waals surface area contributed by atoms with Crippen LogP contribution in [-0.4, -0.2) is 5.78 Å². The molecule has 0 aliphatic rings. The highest BCUT2D eigenvalue weighted by Crippen LogP contribution is 2.28. The van der Waals surface area contributed by atoms with Gasteiger partial charge in [0.15, 0.2) is 5.76 Å². The molecule has 0 aliphatic heterocycles. The van der Waals surface area contributed by atoms with Gasteiger partial charge in [0.25, 0.3) is 0 Å². The van der Waals surface area contributed by atoms with E-state index in [1.165, 1.54) is 13.0 Å². The second kappa shape index (κ2) is 5.07. The average Bonchev–Trinajstić information content (AvgIpc) is 2.87. The van der Waals surface area contributed by atoms with E-state index < -0.39 is 17.4 Å². The van der Waals surface area contributed by atoms with Gasteiger partial charge in [-0.3, -0.25) is 4.79 Å². The Morgan fingerprint density at radius 1 is 1.14 bits per heavy atom. The number of hydrogen-bond acceptors (Lipinski definition) is 2. The fourth-order valence-electron chi connectivity index (χ4n) is 2.09. The maximum atomic E-state index is 13.9. The predicted molar refractivity (Wildman–Crippen MR) is 78.4 cm³/mol. The number of furan rings is 1. The molecule has 0 aliphatic carbocycles. The first-order valence-electron chi connectivity index (χ1n) is 6.16. The minimum atomic E-state index is -0.765.